The van der Waals surface area contributed by atoms with Crippen LogP contribution < -0.4 is 15.4 Å². The number of para-hydroxylation sites is 2. The molecule has 0 spiro atoms. The molecule has 0 saturated carbocycles. The van der Waals surface area contributed by atoms with Crippen LogP contribution in [0.4, 0.5) is 17.1 Å². The van der Waals surface area contributed by atoms with E-state index < -0.39 is 0 Å². The number of nitrogens with one attached hydrogen (secondary N) is 2. The molecule has 1 fully saturated rings. The van der Waals surface area contributed by atoms with Crippen molar-refractivity contribution in [3.05, 3.63) is 53.7 Å². The number of rotatable bonds is 6. The second kappa shape index (κ2) is 9.77. The van der Waals surface area contributed by atoms with Gasteiger partial charge in [-0.25, -0.2) is 0 Å². The molecule has 1 aliphatic carbocycles. The van der Waals surface area contributed by atoms with E-state index in [-0.39, 0.29) is 5.91 Å². The van der Waals surface area contributed by atoms with Crippen LogP contribution in [0.15, 0.2) is 42.5 Å². The molecule has 7 nitrogen and oxygen atoms in total. The number of morpholine rings is 1. The first-order valence-corrected chi connectivity index (χ1v) is 11.7. The van der Waals surface area contributed by atoms with Crippen LogP contribution in [0.25, 0.3) is 10.9 Å². The van der Waals surface area contributed by atoms with Gasteiger partial charge in [-0.2, -0.15) is 0 Å². The van der Waals surface area contributed by atoms with Gasteiger partial charge in [-0.3, -0.25) is 14.7 Å². The molecule has 0 unspecified atom stereocenters. The Kier molecular flexibility index (Phi) is 6.41. The molecule has 2 aliphatic rings. The Bertz CT molecular complexity index is 1160. The predicted octanol–water partition coefficient (Wildman–Crippen LogP) is 4.14. The third-order valence-electron chi connectivity index (χ3n) is 6.38. The Balaban J connectivity index is 1.48. The van der Waals surface area contributed by atoms with Crippen molar-refractivity contribution >= 4 is 33.9 Å². The quantitative estimate of drug-likeness (QED) is 0.593. The third kappa shape index (κ3) is 4.79. The van der Waals surface area contributed by atoms with E-state index in [0.717, 1.165) is 78.2 Å². The first kappa shape index (κ1) is 21.7. The van der Waals surface area contributed by atoms with Crippen molar-refractivity contribution < 1.29 is 14.3 Å². The van der Waals surface area contributed by atoms with Crippen molar-refractivity contribution in [1.82, 2.24) is 9.88 Å². The number of carbonyl (C=O) groups is 1. The van der Waals surface area contributed by atoms with E-state index in [1.54, 1.807) is 7.11 Å². The molecule has 0 atom stereocenters. The number of nitrogens with zero attached hydrogens (tertiary/aromatic N) is 2. The maximum Gasteiger partial charge on any atom is 0.238 e. The second-order valence-corrected chi connectivity index (χ2v) is 8.61. The number of hydrogen-bond acceptors (Lipinski definition) is 6. The number of amides is 1. The number of ether oxygens (including phenoxy) is 2. The van der Waals surface area contributed by atoms with Gasteiger partial charge in [0, 0.05) is 29.9 Å². The Morgan fingerprint density at radius 1 is 1.12 bits per heavy atom. The van der Waals surface area contributed by atoms with Crippen LogP contribution >= 0.6 is 0 Å². The highest BCUT2D eigenvalue weighted by Crippen LogP contribution is 2.38. The van der Waals surface area contributed by atoms with Crippen LogP contribution in [0.2, 0.25) is 0 Å². The fourth-order valence-corrected chi connectivity index (χ4v) is 4.69. The summed E-state index contributed by atoms with van der Waals surface area (Å²) in [6, 6.07) is 13.9. The highest BCUT2D eigenvalue weighted by Gasteiger charge is 2.20. The summed E-state index contributed by atoms with van der Waals surface area (Å²) in [5.74, 6) is 0.781. The molecule has 33 heavy (non-hydrogen) atoms. The van der Waals surface area contributed by atoms with Crippen molar-refractivity contribution in [2.24, 2.45) is 0 Å². The molecule has 5 rings (SSSR count). The summed E-state index contributed by atoms with van der Waals surface area (Å²) in [6.45, 7) is 3.30. The zero-order valence-corrected chi connectivity index (χ0v) is 19.0. The van der Waals surface area contributed by atoms with Gasteiger partial charge in [0.1, 0.15) is 5.75 Å². The molecule has 7 heteroatoms. The number of pyridine rings is 1. The Morgan fingerprint density at radius 2 is 1.94 bits per heavy atom. The molecule has 2 heterocycles. The highest BCUT2D eigenvalue weighted by molar-refractivity contribution is 6.00. The minimum Gasteiger partial charge on any atom is -0.495 e. The smallest absolute Gasteiger partial charge is 0.238 e. The standard InChI is InChI=1S/C26H30N4O3/c1-32-24-9-5-4-8-23(24)29-26-19-6-2-3-7-21(19)28-22-11-10-18(16-20(22)26)27-25(31)17-30-12-14-33-15-13-30/h4-5,8-11,16H,2-3,6-7,12-15,17H2,1H3,(H,27,31)(H,28,29). The van der Waals surface area contributed by atoms with Gasteiger partial charge >= 0.3 is 0 Å². The second-order valence-electron chi connectivity index (χ2n) is 8.61. The maximum atomic E-state index is 12.7. The van der Waals surface area contributed by atoms with Crippen LogP contribution in [-0.2, 0) is 22.4 Å². The summed E-state index contributed by atoms with van der Waals surface area (Å²) in [4.78, 5) is 19.8. The molecule has 1 saturated heterocycles. The minimum atomic E-state index is -0.0126. The van der Waals surface area contributed by atoms with Crippen LogP contribution in [0.3, 0.4) is 0 Å². The fraction of sp³-hybridized carbons (Fsp3) is 0.385. The fourth-order valence-electron chi connectivity index (χ4n) is 4.69. The predicted molar refractivity (Wildman–Crippen MR) is 131 cm³/mol. The topological polar surface area (TPSA) is 75.7 Å². The summed E-state index contributed by atoms with van der Waals surface area (Å²) >= 11 is 0. The highest BCUT2D eigenvalue weighted by atomic mass is 16.5. The van der Waals surface area contributed by atoms with Crippen molar-refractivity contribution in [2.45, 2.75) is 25.7 Å². The van der Waals surface area contributed by atoms with Gasteiger partial charge in [-0.1, -0.05) is 12.1 Å². The average molecular weight is 447 g/mol. The SMILES string of the molecule is COc1ccccc1Nc1c2c(nc3ccc(NC(=O)CN4CCOCC4)cc13)CCCC2. The van der Waals surface area contributed by atoms with E-state index in [9.17, 15) is 4.79 Å². The van der Waals surface area contributed by atoms with E-state index in [2.05, 4.69) is 15.5 Å². The number of hydrogen-bond donors (Lipinski definition) is 2. The van der Waals surface area contributed by atoms with Crippen LogP contribution in [0.1, 0.15) is 24.1 Å². The normalized spacial score (nSPS) is 16.3. The van der Waals surface area contributed by atoms with Crippen LogP contribution in [0.5, 0.6) is 5.75 Å². The third-order valence-corrected chi connectivity index (χ3v) is 6.38. The largest absolute Gasteiger partial charge is 0.495 e. The van der Waals surface area contributed by atoms with Crippen molar-refractivity contribution in [1.29, 1.82) is 0 Å². The lowest BCUT2D eigenvalue weighted by molar-refractivity contribution is -0.118. The van der Waals surface area contributed by atoms with Crippen LogP contribution in [0, 0.1) is 0 Å². The van der Waals surface area contributed by atoms with E-state index in [0.29, 0.717) is 19.8 Å². The first-order chi connectivity index (χ1) is 16.2. The van der Waals surface area contributed by atoms with Gasteiger partial charge < -0.3 is 20.1 Å². The molecule has 0 bridgehead atoms. The van der Waals surface area contributed by atoms with Crippen molar-refractivity contribution in [3.63, 3.8) is 0 Å². The lowest BCUT2D eigenvalue weighted by Crippen LogP contribution is -2.41. The molecule has 1 aromatic heterocycles. The molecule has 2 N–H and O–H groups in total. The number of carbonyl (C=O) groups excluding carboxylic acids is 1. The van der Waals surface area contributed by atoms with E-state index in [1.807, 2.05) is 42.5 Å². The molecule has 2 aromatic carbocycles. The van der Waals surface area contributed by atoms with Crippen LogP contribution in [-0.4, -0.2) is 55.7 Å². The summed E-state index contributed by atoms with van der Waals surface area (Å²) < 4.78 is 10.9. The van der Waals surface area contributed by atoms with Gasteiger partial charge in [-0.05, 0) is 61.6 Å². The number of fused-ring (bicyclic) bond motifs is 2. The maximum absolute atomic E-state index is 12.7. The van der Waals surface area contributed by atoms with Gasteiger partial charge in [0.2, 0.25) is 5.91 Å². The summed E-state index contributed by atoms with van der Waals surface area (Å²) in [5, 5.41) is 7.72. The summed E-state index contributed by atoms with van der Waals surface area (Å²) in [6.07, 6.45) is 4.29. The van der Waals surface area contributed by atoms with Gasteiger partial charge in [-0.15, -0.1) is 0 Å². The van der Waals surface area contributed by atoms with Gasteiger partial charge in [0.25, 0.3) is 0 Å². The van der Waals surface area contributed by atoms with Gasteiger partial charge in [0.15, 0.2) is 0 Å². The number of benzene rings is 2. The Hall–Kier alpha value is -3.16. The zero-order chi connectivity index (χ0) is 22.6. The van der Waals surface area contributed by atoms with E-state index in [1.165, 1.54) is 5.56 Å². The molecule has 3 aromatic rings. The molecule has 172 valence electrons. The molecule has 0 radical (unpaired) electrons. The lowest BCUT2D eigenvalue weighted by Gasteiger charge is -2.26. The van der Waals surface area contributed by atoms with Gasteiger partial charge in [0.05, 0.1) is 43.8 Å². The molecule has 1 aliphatic heterocycles. The molecular weight excluding hydrogens is 416 g/mol. The summed E-state index contributed by atoms with van der Waals surface area (Å²) in [7, 11) is 1.68. The van der Waals surface area contributed by atoms with E-state index in [4.69, 9.17) is 14.5 Å². The Morgan fingerprint density at radius 3 is 2.79 bits per heavy atom. The number of anilines is 3. The average Bonchev–Trinajstić information content (AvgIpc) is 2.85. The minimum absolute atomic E-state index is 0.0126. The molecular formula is C26H30N4O3. The lowest BCUT2D eigenvalue weighted by atomic mass is 9.92. The van der Waals surface area contributed by atoms with Crippen molar-refractivity contribution in [3.8, 4) is 5.75 Å². The first-order valence-electron chi connectivity index (χ1n) is 11.7. The zero-order valence-electron chi connectivity index (χ0n) is 19.0. The van der Waals surface area contributed by atoms with Crippen molar-refractivity contribution in [2.75, 3.05) is 50.6 Å². The number of methoxy groups -OCH3 is 1. The summed E-state index contributed by atoms with van der Waals surface area (Å²) in [5.41, 5.74) is 6.11. The monoisotopic (exact) mass is 446 g/mol. The molecule has 1 amide bonds. The Labute approximate surface area is 194 Å². The number of aryl methyl sites for hydroxylation is 1. The number of aromatic nitrogens is 1. The van der Waals surface area contributed by atoms with E-state index >= 15 is 0 Å².